The maximum absolute atomic E-state index is 12.9. The van der Waals surface area contributed by atoms with Crippen molar-refractivity contribution in [2.45, 2.75) is 13.5 Å². The zero-order valence-corrected chi connectivity index (χ0v) is 18.1. The molecule has 0 radical (unpaired) electrons. The Kier molecular flexibility index (Phi) is 5.41. The topological polar surface area (TPSA) is 53.0 Å². The predicted molar refractivity (Wildman–Crippen MR) is 126 cm³/mol. The minimum Gasteiger partial charge on any atom is -0.507 e. The van der Waals surface area contributed by atoms with Crippen molar-refractivity contribution < 1.29 is 14.6 Å². The molecule has 3 aromatic rings. The zero-order chi connectivity index (χ0) is 22.1. The molecule has 2 aliphatic rings. The third kappa shape index (κ3) is 3.99. The number of phenols is 1. The fourth-order valence-electron chi connectivity index (χ4n) is 4.39. The van der Waals surface area contributed by atoms with Crippen LogP contribution in [0.25, 0.3) is 6.08 Å². The van der Waals surface area contributed by atoms with E-state index >= 15 is 0 Å². The van der Waals surface area contributed by atoms with Gasteiger partial charge in [0, 0.05) is 38.4 Å². The van der Waals surface area contributed by atoms with Gasteiger partial charge in [0.1, 0.15) is 11.5 Å². The summed E-state index contributed by atoms with van der Waals surface area (Å²) < 4.78 is 6.02. The molecule has 0 amide bonds. The molecule has 32 heavy (non-hydrogen) atoms. The third-order valence-electron chi connectivity index (χ3n) is 6.13. The number of ketones is 1. The van der Waals surface area contributed by atoms with Crippen LogP contribution in [0.5, 0.6) is 11.5 Å². The number of aryl methyl sites for hydroxylation is 1. The molecule has 0 spiro atoms. The number of para-hydroxylation sites is 1. The van der Waals surface area contributed by atoms with Crippen molar-refractivity contribution in [1.29, 1.82) is 0 Å². The molecule has 0 unspecified atom stereocenters. The zero-order valence-electron chi connectivity index (χ0n) is 18.1. The number of fused-ring (bicyclic) bond motifs is 1. The van der Waals surface area contributed by atoms with Gasteiger partial charge in [-0.05, 0) is 42.8 Å². The minimum absolute atomic E-state index is 0.142. The average Bonchev–Trinajstić information content (AvgIpc) is 3.12. The standard InChI is InChI=1S/C27H26N2O3/c1-19-6-5-7-20(16-19)17-25-26(31)22-10-11-24(30)23(27(22)32-25)18-28-12-14-29(15-13-28)21-8-3-2-4-9-21/h2-11,16-17,30H,12-15,18H2,1H3/b25-17-. The smallest absolute Gasteiger partial charge is 0.231 e. The summed E-state index contributed by atoms with van der Waals surface area (Å²) in [4.78, 5) is 17.6. The van der Waals surface area contributed by atoms with E-state index in [1.165, 1.54) is 5.69 Å². The average molecular weight is 427 g/mol. The highest BCUT2D eigenvalue weighted by Crippen LogP contribution is 2.40. The third-order valence-corrected chi connectivity index (χ3v) is 6.13. The maximum atomic E-state index is 12.9. The van der Waals surface area contributed by atoms with Gasteiger partial charge >= 0.3 is 0 Å². The van der Waals surface area contributed by atoms with E-state index in [0.717, 1.165) is 37.3 Å². The van der Waals surface area contributed by atoms with Crippen LogP contribution in [0.3, 0.4) is 0 Å². The van der Waals surface area contributed by atoms with E-state index in [2.05, 4.69) is 34.1 Å². The van der Waals surface area contributed by atoms with E-state index in [1.54, 1.807) is 18.2 Å². The van der Waals surface area contributed by atoms with Crippen LogP contribution in [0.2, 0.25) is 0 Å². The van der Waals surface area contributed by atoms with Gasteiger partial charge in [-0.15, -0.1) is 0 Å². The van der Waals surface area contributed by atoms with Crippen LogP contribution in [0.4, 0.5) is 5.69 Å². The van der Waals surface area contributed by atoms with Gasteiger partial charge < -0.3 is 14.7 Å². The molecule has 162 valence electrons. The Morgan fingerprint density at radius 1 is 0.969 bits per heavy atom. The molecule has 0 atom stereocenters. The van der Waals surface area contributed by atoms with Crippen LogP contribution < -0.4 is 9.64 Å². The van der Waals surface area contributed by atoms with Gasteiger partial charge in [-0.1, -0.05) is 48.0 Å². The Labute approximate surface area is 188 Å². The monoisotopic (exact) mass is 426 g/mol. The van der Waals surface area contributed by atoms with Gasteiger partial charge in [0.05, 0.1) is 11.1 Å². The fraction of sp³-hybridized carbons (Fsp3) is 0.222. The number of hydrogen-bond donors (Lipinski definition) is 1. The van der Waals surface area contributed by atoms with Gasteiger partial charge in [0.15, 0.2) is 5.76 Å². The van der Waals surface area contributed by atoms with Gasteiger partial charge in [0.2, 0.25) is 5.78 Å². The normalized spacial score (nSPS) is 17.5. The first-order chi connectivity index (χ1) is 15.6. The van der Waals surface area contributed by atoms with Crippen LogP contribution in [0, 0.1) is 6.92 Å². The number of anilines is 1. The van der Waals surface area contributed by atoms with Crippen LogP contribution in [0.1, 0.15) is 27.0 Å². The quantitative estimate of drug-likeness (QED) is 0.616. The highest BCUT2D eigenvalue weighted by atomic mass is 16.5. The van der Waals surface area contributed by atoms with Crippen molar-refractivity contribution >= 4 is 17.5 Å². The highest BCUT2D eigenvalue weighted by Gasteiger charge is 2.32. The fourth-order valence-corrected chi connectivity index (χ4v) is 4.39. The molecule has 3 aromatic carbocycles. The number of allylic oxidation sites excluding steroid dienone is 1. The Morgan fingerprint density at radius 3 is 2.50 bits per heavy atom. The number of piperazine rings is 1. The summed E-state index contributed by atoms with van der Waals surface area (Å²) in [5, 5.41) is 10.6. The predicted octanol–water partition coefficient (Wildman–Crippen LogP) is 4.64. The lowest BCUT2D eigenvalue weighted by Gasteiger charge is -2.36. The van der Waals surface area contributed by atoms with Gasteiger partial charge in [-0.2, -0.15) is 0 Å². The number of aromatic hydroxyl groups is 1. The van der Waals surface area contributed by atoms with Crippen molar-refractivity contribution in [2.75, 3.05) is 31.1 Å². The number of nitrogens with zero attached hydrogens (tertiary/aromatic N) is 2. The number of ether oxygens (including phenoxy) is 1. The molecule has 2 aliphatic heterocycles. The molecule has 0 aromatic heterocycles. The van der Waals surface area contributed by atoms with Crippen LogP contribution >= 0.6 is 0 Å². The number of Topliss-reactive ketones (excluding diaryl/α,β-unsaturated/α-hetero) is 1. The Balaban J connectivity index is 1.34. The van der Waals surface area contributed by atoms with E-state index in [9.17, 15) is 9.90 Å². The Morgan fingerprint density at radius 2 is 1.75 bits per heavy atom. The summed E-state index contributed by atoms with van der Waals surface area (Å²) in [6, 6.07) is 21.6. The number of carbonyl (C=O) groups is 1. The first kappa shape index (κ1) is 20.3. The molecular weight excluding hydrogens is 400 g/mol. The number of hydrogen-bond acceptors (Lipinski definition) is 5. The first-order valence-corrected chi connectivity index (χ1v) is 11.0. The minimum atomic E-state index is -0.142. The molecule has 0 bridgehead atoms. The summed E-state index contributed by atoms with van der Waals surface area (Å²) >= 11 is 0. The van der Waals surface area contributed by atoms with Gasteiger partial charge in [0.25, 0.3) is 0 Å². The number of benzene rings is 3. The second kappa shape index (κ2) is 8.52. The van der Waals surface area contributed by atoms with E-state index < -0.39 is 0 Å². The summed E-state index contributed by atoms with van der Waals surface area (Å²) in [5.74, 6) is 0.807. The van der Waals surface area contributed by atoms with Gasteiger partial charge in [-0.3, -0.25) is 9.69 Å². The van der Waals surface area contributed by atoms with E-state index in [1.807, 2.05) is 37.3 Å². The second-order valence-electron chi connectivity index (χ2n) is 8.39. The lowest BCUT2D eigenvalue weighted by atomic mass is 10.0. The lowest BCUT2D eigenvalue weighted by molar-refractivity contribution is 0.101. The first-order valence-electron chi connectivity index (χ1n) is 11.0. The molecule has 0 aliphatic carbocycles. The largest absolute Gasteiger partial charge is 0.507 e. The van der Waals surface area contributed by atoms with Crippen LogP contribution in [0.15, 0.2) is 72.5 Å². The van der Waals surface area contributed by atoms with Crippen molar-refractivity contribution in [1.82, 2.24) is 4.90 Å². The lowest BCUT2D eigenvalue weighted by Crippen LogP contribution is -2.46. The molecule has 1 saturated heterocycles. The maximum Gasteiger partial charge on any atom is 0.231 e. The summed E-state index contributed by atoms with van der Waals surface area (Å²) in [6.45, 7) is 6.14. The van der Waals surface area contributed by atoms with Crippen LogP contribution in [-0.4, -0.2) is 42.0 Å². The molecule has 0 saturated carbocycles. The SMILES string of the molecule is Cc1cccc(/C=C2\Oc3c(ccc(O)c3CN3CCN(c4ccccc4)CC3)C2=O)c1. The molecule has 2 heterocycles. The molecule has 5 rings (SSSR count). The van der Waals surface area contributed by atoms with Crippen molar-refractivity contribution in [3.05, 3.63) is 94.7 Å². The molecule has 1 fully saturated rings. The molecule has 5 nitrogen and oxygen atoms in total. The Hall–Kier alpha value is -3.57. The number of rotatable bonds is 4. The van der Waals surface area contributed by atoms with Crippen LogP contribution in [-0.2, 0) is 6.54 Å². The van der Waals surface area contributed by atoms with Gasteiger partial charge in [-0.25, -0.2) is 0 Å². The molecule has 5 heteroatoms. The molecular formula is C27H26N2O3. The van der Waals surface area contributed by atoms with Crippen molar-refractivity contribution in [3.63, 3.8) is 0 Å². The van der Waals surface area contributed by atoms with Crippen molar-refractivity contribution in [3.8, 4) is 11.5 Å². The summed E-state index contributed by atoms with van der Waals surface area (Å²) in [5.41, 5.74) is 4.46. The van der Waals surface area contributed by atoms with E-state index in [4.69, 9.17) is 4.74 Å². The summed E-state index contributed by atoms with van der Waals surface area (Å²) in [6.07, 6.45) is 1.77. The Bertz CT molecular complexity index is 1180. The van der Waals surface area contributed by atoms with E-state index in [-0.39, 0.29) is 11.5 Å². The highest BCUT2D eigenvalue weighted by molar-refractivity contribution is 6.15. The van der Waals surface area contributed by atoms with Crippen molar-refractivity contribution in [2.24, 2.45) is 0 Å². The molecule has 1 N–H and O–H groups in total. The summed E-state index contributed by atoms with van der Waals surface area (Å²) in [7, 11) is 0. The number of carbonyl (C=O) groups excluding carboxylic acids is 1. The second-order valence-corrected chi connectivity index (χ2v) is 8.39. The number of phenolic OH excluding ortho intramolecular Hbond substituents is 1. The van der Waals surface area contributed by atoms with E-state index in [0.29, 0.717) is 29.2 Å².